The maximum Gasteiger partial charge on any atom is 0.133 e. The van der Waals surface area contributed by atoms with E-state index in [0.717, 1.165) is 32.5 Å². The zero-order valence-corrected chi connectivity index (χ0v) is 7.42. The summed E-state index contributed by atoms with van der Waals surface area (Å²) in [6.45, 7) is 1.71. The van der Waals surface area contributed by atoms with E-state index in [1.807, 2.05) is 0 Å². The monoisotopic (exact) mass is 168 g/mol. The van der Waals surface area contributed by atoms with Crippen molar-refractivity contribution in [1.82, 2.24) is 0 Å². The third-order valence-electron chi connectivity index (χ3n) is 3.04. The topological polar surface area (TPSA) is 26.3 Å². The normalized spacial score (nSPS) is 37.2. The highest BCUT2D eigenvalue weighted by Crippen LogP contribution is 2.28. The minimum Gasteiger partial charge on any atom is -0.381 e. The van der Waals surface area contributed by atoms with Crippen molar-refractivity contribution in [3.05, 3.63) is 0 Å². The Bertz CT molecular complexity index is 177. The standard InChI is InChI=1S/C10H16O2/c11-10-4-3-8-1-2-9(5-10)7-12-6-8/h8-9H,1-7H2. The number of ketones is 1. The van der Waals surface area contributed by atoms with Crippen molar-refractivity contribution < 1.29 is 9.53 Å². The quantitative estimate of drug-likeness (QED) is 0.551. The number of hydrogen-bond donors (Lipinski definition) is 0. The lowest BCUT2D eigenvalue weighted by Gasteiger charge is -2.16. The zero-order chi connectivity index (χ0) is 8.39. The van der Waals surface area contributed by atoms with E-state index in [1.54, 1.807) is 0 Å². The summed E-state index contributed by atoms with van der Waals surface area (Å²) in [4.78, 5) is 11.3. The molecule has 0 aromatic carbocycles. The van der Waals surface area contributed by atoms with Crippen LogP contribution in [-0.2, 0) is 9.53 Å². The first-order chi connectivity index (χ1) is 5.84. The molecule has 2 nitrogen and oxygen atoms in total. The van der Waals surface area contributed by atoms with E-state index in [9.17, 15) is 4.79 Å². The number of rotatable bonds is 0. The summed E-state index contributed by atoms with van der Waals surface area (Å²) in [5, 5.41) is 0. The molecule has 1 saturated carbocycles. The number of carbonyl (C=O) groups excluding carboxylic acids is 1. The predicted molar refractivity (Wildman–Crippen MR) is 45.9 cm³/mol. The van der Waals surface area contributed by atoms with E-state index in [4.69, 9.17) is 4.74 Å². The molecule has 1 aliphatic heterocycles. The lowest BCUT2D eigenvalue weighted by Crippen LogP contribution is -2.14. The maximum absolute atomic E-state index is 11.3. The van der Waals surface area contributed by atoms with Gasteiger partial charge in [-0.2, -0.15) is 0 Å². The Balaban J connectivity index is 2.04. The van der Waals surface area contributed by atoms with Gasteiger partial charge in [0.25, 0.3) is 0 Å². The molecule has 2 fully saturated rings. The molecule has 1 heterocycles. The highest BCUT2D eigenvalue weighted by molar-refractivity contribution is 5.78. The minimum absolute atomic E-state index is 0.454. The van der Waals surface area contributed by atoms with E-state index >= 15 is 0 Å². The Morgan fingerprint density at radius 3 is 2.75 bits per heavy atom. The number of Topliss-reactive ketones (excluding diaryl/α,β-unsaturated/α-hetero) is 1. The lowest BCUT2D eigenvalue weighted by atomic mass is 9.87. The third kappa shape index (κ3) is 1.86. The average molecular weight is 168 g/mol. The number of carbonyl (C=O) groups is 1. The summed E-state index contributed by atoms with van der Waals surface area (Å²) in [5.41, 5.74) is 0. The van der Waals surface area contributed by atoms with Gasteiger partial charge in [-0.15, -0.1) is 0 Å². The number of ether oxygens (including phenoxy) is 1. The molecule has 1 aliphatic carbocycles. The van der Waals surface area contributed by atoms with Gasteiger partial charge in [-0.3, -0.25) is 4.79 Å². The molecule has 2 aliphatic rings. The van der Waals surface area contributed by atoms with E-state index in [-0.39, 0.29) is 0 Å². The molecule has 68 valence electrons. The Morgan fingerprint density at radius 2 is 1.83 bits per heavy atom. The first-order valence-corrected chi connectivity index (χ1v) is 4.94. The van der Waals surface area contributed by atoms with Crippen LogP contribution in [0.4, 0.5) is 0 Å². The number of hydrogen-bond acceptors (Lipinski definition) is 2. The molecule has 0 aromatic rings. The SMILES string of the molecule is O=C1CCC2CCC(COC2)C1. The molecule has 1 saturated heterocycles. The Kier molecular flexibility index (Phi) is 2.45. The van der Waals surface area contributed by atoms with E-state index in [0.29, 0.717) is 17.6 Å². The largest absolute Gasteiger partial charge is 0.381 e. The summed E-state index contributed by atoms with van der Waals surface area (Å²) < 4.78 is 5.54. The molecule has 0 amide bonds. The average Bonchev–Trinajstić information content (AvgIpc) is 2.20. The van der Waals surface area contributed by atoms with Crippen molar-refractivity contribution in [3.8, 4) is 0 Å². The van der Waals surface area contributed by atoms with Crippen LogP contribution in [0.15, 0.2) is 0 Å². The van der Waals surface area contributed by atoms with Gasteiger partial charge in [-0.05, 0) is 31.1 Å². The van der Waals surface area contributed by atoms with Crippen LogP contribution in [0, 0.1) is 11.8 Å². The van der Waals surface area contributed by atoms with Gasteiger partial charge in [0.2, 0.25) is 0 Å². The minimum atomic E-state index is 0.454. The van der Waals surface area contributed by atoms with Gasteiger partial charge in [-0.25, -0.2) is 0 Å². The van der Waals surface area contributed by atoms with Gasteiger partial charge in [-0.1, -0.05) is 0 Å². The molecular weight excluding hydrogens is 152 g/mol. The molecule has 0 aromatic heterocycles. The molecule has 2 bridgehead atoms. The Morgan fingerprint density at radius 1 is 1.08 bits per heavy atom. The molecule has 2 unspecified atom stereocenters. The molecule has 2 atom stereocenters. The fourth-order valence-electron chi connectivity index (χ4n) is 2.22. The van der Waals surface area contributed by atoms with Crippen LogP contribution in [0.3, 0.4) is 0 Å². The molecule has 0 radical (unpaired) electrons. The van der Waals surface area contributed by atoms with Crippen LogP contribution in [0.5, 0.6) is 0 Å². The predicted octanol–water partition coefficient (Wildman–Crippen LogP) is 1.78. The van der Waals surface area contributed by atoms with Crippen LogP contribution >= 0.6 is 0 Å². The van der Waals surface area contributed by atoms with Gasteiger partial charge < -0.3 is 4.74 Å². The lowest BCUT2D eigenvalue weighted by molar-refractivity contribution is -0.120. The van der Waals surface area contributed by atoms with Crippen molar-refractivity contribution in [2.45, 2.75) is 32.1 Å². The van der Waals surface area contributed by atoms with Crippen LogP contribution in [-0.4, -0.2) is 19.0 Å². The molecular formula is C10H16O2. The van der Waals surface area contributed by atoms with Crippen LogP contribution in [0.2, 0.25) is 0 Å². The second-order valence-corrected chi connectivity index (χ2v) is 4.13. The summed E-state index contributed by atoms with van der Waals surface area (Å²) in [6.07, 6.45) is 5.11. The van der Waals surface area contributed by atoms with Gasteiger partial charge >= 0.3 is 0 Å². The summed E-state index contributed by atoms with van der Waals surface area (Å²) in [6, 6.07) is 0. The van der Waals surface area contributed by atoms with Crippen molar-refractivity contribution >= 4 is 5.78 Å². The van der Waals surface area contributed by atoms with Crippen LogP contribution in [0.1, 0.15) is 32.1 Å². The second kappa shape index (κ2) is 3.56. The van der Waals surface area contributed by atoms with E-state index in [2.05, 4.69) is 0 Å². The molecule has 0 spiro atoms. The first kappa shape index (κ1) is 8.24. The summed E-state index contributed by atoms with van der Waals surface area (Å²) >= 11 is 0. The van der Waals surface area contributed by atoms with Crippen molar-refractivity contribution in [3.63, 3.8) is 0 Å². The molecule has 2 rings (SSSR count). The maximum atomic E-state index is 11.3. The zero-order valence-electron chi connectivity index (χ0n) is 7.42. The van der Waals surface area contributed by atoms with Gasteiger partial charge in [0.1, 0.15) is 5.78 Å². The van der Waals surface area contributed by atoms with Crippen LogP contribution in [0.25, 0.3) is 0 Å². The fourth-order valence-corrected chi connectivity index (χ4v) is 2.22. The first-order valence-electron chi connectivity index (χ1n) is 4.94. The highest BCUT2D eigenvalue weighted by Gasteiger charge is 2.24. The van der Waals surface area contributed by atoms with Gasteiger partial charge in [0.15, 0.2) is 0 Å². The van der Waals surface area contributed by atoms with Crippen molar-refractivity contribution in [1.29, 1.82) is 0 Å². The smallest absolute Gasteiger partial charge is 0.133 e. The highest BCUT2D eigenvalue weighted by atomic mass is 16.5. The Labute approximate surface area is 73.3 Å². The van der Waals surface area contributed by atoms with Crippen LogP contribution < -0.4 is 0 Å². The summed E-state index contributed by atoms with van der Waals surface area (Å²) in [5.74, 6) is 1.65. The van der Waals surface area contributed by atoms with Crippen molar-refractivity contribution in [2.75, 3.05) is 13.2 Å². The number of fused-ring (bicyclic) bond motifs is 3. The second-order valence-electron chi connectivity index (χ2n) is 4.13. The Hall–Kier alpha value is -0.370. The molecule has 2 heteroatoms. The van der Waals surface area contributed by atoms with E-state index in [1.165, 1.54) is 12.8 Å². The van der Waals surface area contributed by atoms with Crippen molar-refractivity contribution in [2.24, 2.45) is 11.8 Å². The van der Waals surface area contributed by atoms with Gasteiger partial charge in [0.05, 0.1) is 0 Å². The third-order valence-corrected chi connectivity index (χ3v) is 3.04. The fraction of sp³-hybridized carbons (Fsp3) is 0.900. The molecule has 0 N–H and O–H groups in total. The van der Waals surface area contributed by atoms with E-state index < -0.39 is 0 Å². The molecule has 12 heavy (non-hydrogen) atoms. The summed E-state index contributed by atoms with van der Waals surface area (Å²) in [7, 11) is 0. The van der Waals surface area contributed by atoms with Gasteiger partial charge in [0, 0.05) is 26.1 Å².